The van der Waals surface area contributed by atoms with Crippen LogP contribution in [0.4, 0.5) is 0 Å². The molecule has 0 aliphatic carbocycles. The molecule has 0 bridgehead atoms. The number of nitrogens with zero attached hydrogens (tertiary/aromatic N) is 3. The molecule has 0 aliphatic heterocycles. The molecule has 3 heterocycles. The van der Waals surface area contributed by atoms with Crippen molar-refractivity contribution < 1.29 is 5.11 Å². The topological polar surface area (TPSA) is 83.3 Å². The van der Waals surface area contributed by atoms with Gasteiger partial charge in [-0.1, -0.05) is 0 Å². The third kappa shape index (κ3) is 1.72. The van der Waals surface area contributed by atoms with Crippen LogP contribution in [0.5, 0.6) is 0 Å². The standard InChI is InChI=1S/C14H16N4O2/c1-7-6-8(2)15-12-11(7)13-16-9(3)10(4-5-19)14(20)18(13)17-12/h6,19H,4-5H2,1-3H3,(H,15,17). The van der Waals surface area contributed by atoms with Gasteiger partial charge < -0.3 is 5.11 Å². The Morgan fingerprint density at radius 2 is 2.05 bits per heavy atom. The van der Waals surface area contributed by atoms with E-state index in [-0.39, 0.29) is 12.2 Å². The highest BCUT2D eigenvalue weighted by atomic mass is 16.3. The molecule has 0 radical (unpaired) electrons. The maximum Gasteiger partial charge on any atom is 0.276 e. The van der Waals surface area contributed by atoms with Gasteiger partial charge in [-0.15, -0.1) is 0 Å². The third-order valence-corrected chi connectivity index (χ3v) is 3.53. The number of hydrogen-bond acceptors (Lipinski definition) is 4. The molecule has 0 amide bonds. The van der Waals surface area contributed by atoms with Crippen LogP contribution in [0, 0.1) is 20.8 Å². The smallest absolute Gasteiger partial charge is 0.276 e. The molecule has 6 heteroatoms. The van der Waals surface area contributed by atoms with Crippen LogP contribution in [0.3, 0.4) is 0 Å². The molecule has 0 saturated heterocycles. The van der Waals surface area contributed by atoms with Gasteiger partial charge in [0.2, 0.25) is 0 Å². The van der Waals surface area contributed by atoms with E-state index in [0.29, 0.717) is 29.0 Å². The zero-order chi connectivity index (χ0) is 14.4. The van der Waals surface area contributed by atoms with Crippen molar-refractivity contribution in [2.24, 2.45) is 0 Å². The molecule has 2 N–H and O–H groups in total. The summed E-state index contributed by atoms with van der Waals surface area (Å²) in [5.74, 6) is 0. The highest BCUT2D eigenvalue weighted by molar-refractivity contribution is 5.92. The van der Waals surface area contributed by atoms with Gasteiger partial charge in [0.15, 0.2) is 11.3 Å². The lowest BCUT2D eigenvalue weighted by atomic mass is 10.1. The van der Waals surface area contributed by atoms with E-state index in [9.17, 15) is 4.79 Å². The van der Waals surface area contributed by atoms with Crippen LogP contribution in [-0.4, -0.2) is 31.3 Å². The van der Waals surface area contributed by atoms with Crippen molar-refractivity contribution in [1.82, 2.24) is 19.6 Å². The Balaban J connectivity index is 2.49. The first-order valence-electron chi connectivity index (χ1n) is 6.52. The van der Waals surface area contributed by atoms with Crippen molar-refractivity contribution in [2.75, 3.05) is 6.61 Å². The van der Waals surface area contributed by atoms with Gasteiger partial charge in [0.05, 0.1) is 5.39 Å². The minimum absolute atomic E-state index is 0.0690. The van der Waals surface area contributed by atoms with E-state index < -0.39 is 0 Å². The molecule has 0 saturated carbocycles. The average Bonchev–Trinajstić information content (AvgIpc) is 2.73. The Morgan fingerprint density at radius 3 is 2.75 bits per heavy atom. The lowest BCUT2D eigenvalue weighted by Crippen LogP contribution is -2.22. The highest BCUT2D eigenvalue weighted by Gasteiger charge is 2.15. The molecule has 0 unspecified atom stereocenters. The molecule has 6 nitrogen and oxygen atoms in total. The van der Waals surface area contributed by atoms with E-state index in [1.54, 1.807) is 6.92 Å². The number of aliphatic hydroxyl groups is 1. The van der Waals surface area contributed by atoms with Crippen LogP contribution in [0.2, 0.25) is 0 Å². The molecule has 0 aromatic carbocycles. The van der Waals surface area contributed by atoms with Crippen molar-refractivity contribution in [3.63, 3.8) is 0 Å². The predicted octanol–water partition coefficient (Wildman–Crippen LogP) is 1.03. The number of aliphatic hydroxyl groups excluding tert-OH is 1. The van der Waals surface area contributed by atoms with E-state index in [1.807, 2.05) is 19.9 Å². The minimum atomic E-state index is -0.170. The number of hydrogen-bond donors (Lipinski definition) is 2. The fourth-order valence-corrected chi connectivity index (χ4v) is 2.64. The van der Waals surface area contributed by atoms with Crippen molar-refractivity contribution in [3.8, 4) is 0 Å². The molecule has 3 aromatic rings. The number of fused-ring (bicyclic) bond motifs is 3. The first-order valence-corrected chi connectivity index (χ1v) is 6.52. The summed E-state index contributed by atoms with van der Waals surface area (Å²) in [6, 6.07) is 1.97. The summed E-state index contributed by atoms with van der Waals surface area (Å²) < 4.78 is 1.42. The van der Waals surface area contributed by atoms with Gasteiger partial charge in [0.1, 0.15) is 0 Å². The van der Waals surface area contributed by atoms with Crippen molar-refractivity contribution in [2.45, 2.75) is 27.2 Å². The predicted molar refractivity (Wildman–Crippen MR) is 76.1 cm³/mol. The molecule has 0 spiro atoms. The summed E-state index contributed by atoms with van der Waals surface area (Å²) in [5, 5.41) is 12.9. The van der Waals surface area contributed by atoms with Gasteiger partial charge in [-0.2, -0.15) is 4.52 Å². The molecule has 0 atom stereocenters. The number of nitrogens with one attached hydrogen (secondary N) is 1. The number of rotatable bonds is 2. The number of aromatic amines is 1. The van der Waals surface area contributed by atoms with Crippen LogP contribution in [0.25, 0.3) is 16.7 Å². The SMILES string of the molecule is Cc1cc(C)c2c(n1)[nH]n1c(=O)c(CCO)c(C)nc21. The summed E-state index contributed by atoms with van der Waals surface area (Å²) in [4.78, 5) is 21.4. The van der Waals surface area contributed by atoms with E-state index in [2.05, 4.69) is 15.1 Å². The Bertz CT molecular complexity index is 876. The first-order chi connectivity index (χ1) is 9.52. The lowest BCUT2D eigenvalue weighted by molar-refractivity contribution is 0.298. The fourth-order valence-electron chi connectivity index (χ4n) is 2.64. The van der Waals surface area contributed by atoms with Gasteiger partial charge in [0.25, 0.3) is 5.56 Å². The third-order valence-electron chi connectivity index (χ3n) is 3.53. The van der Waals surface area contributed by atoms with Crippen molar-refractivity contribution >= 4 is 16.7 Å². The van der Waals surface area contributed by atoms with Crippen LogP contribution < -0.4 is 5.56 Å². The van der Waals surface area contributed by atoms with Gasteiger partial charge in [0, 0.05) is 30.0 Å². The maximum absolute atomic E-state index is 12.5. The molecule has 104 valence electrons. The van der Waals surface area contributed by atoms with E-state index in [4.69, 9.17) is 5.11 Å². The average molecular weight is 272 g/mol. The maximum atomic E-state index is 12.5. The number of aromatic nitrogens is 4. The Morgan fingerprint density at radius 1 is 1.30 bits per heavy atom. The first kappa shape index (κ1) is 12.8. The van der Waals surface area contributed by atoms with Gasteiger partial charge in [-0.3, -0.25) is 9.89 Å². The normalized spacial score (nSPS) is 11.6. The molecule has 3 aromatic heterocycles. The van der Waals surface area contributed by atoms with Crippen LogP contribution in [-0.2, 0) is 6.42 Å². The highest BCUT2D eigenvalue weighted by Crippen LogP contribution is 2.21. The molecule has 0 fully saturated rings. The van der Waals surface area contributed by atoms with Crippen LogP contribution >= 0.6 is 0 Å². The molecular formula is C14H16N4O2. The Hall–Kier alpha value is -2.21. The second-order valence-electron chi connectivity index (χ2n) is 5.03. The van der Waals surface area contributed by atoms with E-state index in [0.717, 1.165) is 16.6 Å². The summed E-state index contributed by atoms with van der Waals surface area (Å²) in [7, 11) is 0. The van der Waals surface area contributed by atoms with Crippen molar-refractivity contribution in [1.29, 1.82) is 0 Å². The number of aryl methyl sites for hydroxylation is 3. The zero-order valence-corrected chi connectivity index (χ0v) is 11.7. The molecule has 3 rings (SSSR count). The molecule has 0 aliphatic rings. The summed E-state index contributed by atoms with van der Waals surface area (Å²) in [5.41, 5.74) is 4.20. The van der Waals surface area contributed by atoms with Gasteiger partial charge in [-0.05, 0) is 32.4 Å². The number of pyridine rings is 1. The second-order valence-corrected chi connectivity index (χ2v) is 5.03. The number of H-pyrrole nitrogens is 1. The van der Waals surface area contributed by atoms with Crippen molar-refractivity contribution in [3.05, 3.63) is 38.9 Å². The summed E-state index contributed by atoms with van der Waals surface area (Å²) >= 11 is 0. The van der Waals surface area contributed by atoms with Gasteiger partial charge >= 0.3 is 0 Å². The summed E-state index contributed by atoms with van der Waals surface area (Å²) in [6.45, 7) is 5.62. The van der Waals surface area contributed by atoms with E-state index in [1.165, 1.54) is 4.52 Å². The van der Waals surface area contributed by atoms with Gasteiger partial charge in [-0.25, -0.2) is 9.97 Å². The van der Waals surface area contributed by atoms with Crippen LogP contribution in [0.1, 0.15) is 22.5 Å². The lowest BCUT2D eigenvalue weighted by Gasteiger charge is -2.03. The molecule has 20 heavy (non-hydrogen) atoms. The van der Waals surface area contributed by atoms with E-state index >= 15 is 0 Å². The quantitative estimate of drug-likeness (QED) is 0.730. The monoisotopic (exact) mass is 272 g/mol. The zero-order valence-electron chi connectivity index (χ0n) is 11.7. The minimum Gasteiger partial charge on any atom is -0.396 e. The molecular weight excluding hydrogens is 256 g/mol. The second kappa shape index (κ2) is 4.42. The van der Waals surface area contributed by atoms with Crippen LogP contribution in [0.15, 0.2) is 10.9 Å². The summed E-state index contributed by atoms with van der Waals surface area (Å²) in [6.07, 6.45) is 0.307. The Labute approximate surface area is 115 Å². The Kier molecular flexibility index (Phi) is 2.83. The largest absolute Gasteiger partial charge is 0.396 e. The fraction of sp³-hybridized carbons (Fsp3) is 0.357.